The highest BCUT2D eigenvalue weighted by atomic mass is 32.2. The summed E-state index contributed by atoms with van der Waals surface area (Å²) in [6, 6.07) is 11.4. The number of hydrogen-bond acceptors (Lipinski definition) is 6. The Morgan fingerprint density at radius 1 is 1.12 bits per heavy atom. The highest BCUT2D eigenvalue weighted by Gasteiger charge is 2.17. The van der Waals surface area contributed by atoms with Gasteiger partial charge in [0, 0.05) is 24.0 Å². The van der Waals surface area contributed by atoms with Crippen LogP contribution in [0.3, 0.4) is 0 Å². The van der Waals surface area contributed by atoms with E-state index < -0.39 is 22.0 Å². The maximum Gasteiger partial charge on any atom is 0.305 e. The summed E-state index contributed by atoms with van der Waals surface area (Å²) in [4.78, 5) is 18.6. The van der Waals surface area contributed by atoms with E-state index in [4.69, 9.17) is 10.8 Å². The first-order valence-electron chi connectivity index (χ1n) is 7.66. The molecule has 1 aromatic heterocycles. The number of sulfonamides is 1. The number of carboxylic acid groups (broad SMARTS) is 1. The smallest absolute Gasteiger partial charge is 0.305 e. The molecule has 9 heteroatoms. The van der Waals surface area contributed by atoms with Crippen molar-refractivity contribution in [2.75, 3.05) is 4.72 Å². The van der Waals surface area contributed by atoms with Gasteiger partial charge in [0.15, 0.2) is 0 Å². The topological polar surface area (TPSA) is 135 Å². The van der Waals surface area contributed by atoms with Crippen LogP contribution in [0.1, 0.15) is 18.0 Å². The van der Waals surface area contributed by atoms with Gasteiger partial charge in [-0.05, 0) is 22.9 Å². The SMILES string of the molecule is N[C@@H](CC(=O)O)c1cnc(NS(=O)(=O)c2ccc3ccccc3c2)nc1. The van der Waals surface area contributed by atoms with E-state index in [2.05, 4.69) is 14.7 Å². The Bertz CT molecular complexity index is 1050. The van der Waals surface area contributed by atoms with E-state index in [-0.39, 0.29) is 17.3 Å². The number of nitrogens with zero attached hydrogens (tertiary/aromatic N) is 2. The third-order valence-corrected chi connectivity index (χ3v) is 5.08. The fourth-order valence-electron chi connectivity index (χ4n) is 2.40. The van der Waals surface area contributed by atoms with Gasteiger partial charge in [-0.2, -0.15) is 0 Å². The molecule has 1 atom stereocenters. The molecule has 0 aliphatic carbocycles. The number of carbonyl (C=O) groups is 1. The van der Waals surface area contributed by atoms with Crippen molar-refractivity contribution in [2.24, 2.45) is 5.73 Å². The van der Waals surface area contributed by atoms with Crippen LogP contribution in [0, 0.1) is 0 Å². The van der Waals surface area contributed by atoms with E-state index in [0.717, 1.165) is 10.8 Å². The molecule has 0 amide bonds. The van der Waals surface area contributed by atoms with Crippen LogP contribution in [-0.4, -0.2) is 29.5 Å². The van der Waals surface area contributed by atoms with Crippen molar-refractivity contribution in [1.82, 2.24) is 9.97 Å². The van der Waals surface area contributed by atoms with Gasteiger partial charge in [-0.1, -0.05) is 30.3 Å². The highest BCUT2D eigenvalue weighted by molar-refractivity contribution is 7.92. The van der Waals surface area contributed by atoms with Crippen LogP contribution in [0.2, 0.25) is 0 Å². The van der Waals surface area contributed by atoms with E-state index in [1.165, 1.54) is 18.5 Å². The Morgan fingerprint density at radius 3 is 2.42 bits per heavy atom. The van der Waals surface area contributed by atoms with Gasteiger partial charge >= 0.3 is 5.97 Å². The summed E-state index contributed by atoms with van der Waals surface area (Å²) in [5.74, 6) is -1.16. The summed E-state index contributed by atoms with van der Waals surface area (Å²) < 4.78 is 27.3. The number of benzene rings is 2. The molecule has 1 heterocycles. The minimum absolute atomic E-state index is 0.0893. The van der Waals surface area contributed by atoms with E-state index in [0.29, 0.717) is 5.56 Å². The molecule has 4 N–H and O–H groups in total. The van der Waals surface area contributed by atoms with Gasteiger partial charge in [0.2, 0.25) is 5.95 Å². The number of nitrogens with one attached hydrogen (secondary N) is 1. The second kappa shape index (κ2) is 7.06. The Balaban J connectivity index is 1.81. The number of nitrogens with two attached hydrogens (primary N) is 1. The van der Waals surface area contributed by atoms with Crippen molar-refractivity contribution in [3.05, 3.63) is 60.4 Å². The first kappa shape index (κ1) is 17.8. The molecule has 3 rings (SSSR count). The first-order chi connectivity index (χ1) is 12.3. The molecule has 0 radical (unpaired) electrons. The molecule has 0 saturated carbocycles. The van der Waals surface area contributed by atoms with Crippen molar-refractivity contribution in [3.8, 4) is 0 Å². The summed E-state index contributed by atoms with van der Waals surface area (Å²) >= 11 is 0. The predicted molar refractivity (Wildman–Crippen MR) is 96.0 cm³/mol. The summed E-state index contributed by atoms with van der Waals surface area (Å²) in [6.07, 6.45) is 2.34. The third kappa shape index (κ3) is 3.95. The Labute approximate surface area is 149 Å². The minimum Gasteiger partial charge on any atom is -0.481 e. The zero-order valence-electron chi connectivity index (χ0n) is 13.5. The van der Waals surface area contributed by atoms with Crippen LogP contribution in [0.5, 0.6) is 0 Å². The van der Waals surface area contributed by atoms with Crippen molar-refractivity contribution < 1.29 is 18.3 Å². The fourth-order valence-corrected chi connectivity index (χ4v) is 3.39. The summed E-state index contributed by atoms with van der Waals surface area (Å²) in [5, 5.41) is 10.5. The lowest BCUT2D eigenvalue weighted by atomic mass is 10.1. The number of anilines is 1. The largest absolute Gasteiger partial charge is 0.481 e. The molecule has 3 aromatic rings. The van der Waals surface area contributed by atoms with Crippen LogP contribution >= 0.6 is 0 Å². The maximum atomic E-state index is 12.5. The normalized spacial score (nSPS) is 12.7. The molecule has 26 heavy (non-hydrogen) atoms. The van der Waals surface area contributed by atoms with Gasteiger partial charge in [0.25, 0.3) is 10.0 Å². The number of aromatic nitrogens is 2. The van der Waals surface area contributed by atoms with Crippen molar-refractivity contribution >= 4 is 32.7 Å². The standard InChI is InChI=1S/C17H16N4O4S/c18-15(8-16(22)23)13-9-19-17(20-10-13)21-26(24,25)14-6-5-11-3-1-2-4-12(11)7-14/h1-7,9-10,15H,8,18H2,(H,22,23)(H,19,20,21)/t15-/m0/s1. The van der Waals surface area contributed by atoms with Crippen LogP contribution < -0.4 is 10.5 Å². The lowest BCUT2D eigenvalue weighted by Gasteiger charge is -2.10. The average molecular weight is 372 g/mol. The lowest BCUT2D eigenvalue weighted by Crippen LogP contribution is -2.17. The van der Waals surface area contributed by atoms with E-state index in [1.54, 1.807) is 12.1 Å². The van der Waals surface area contributed by atoms with Crippen LogP contribution in [0.4, 0.5) is 5.95 Å². The molecule has 2 aromatic carbocycles. The van der Waals surface area contributed by atoms with Gasteiger partial charge in [0.1, 0.15) is 0 Å². The van der Waals surface area contributed by atoms with Gasteiger partial charge < -0.3 is 10.8 Å². The zero-order chi connectivity index (χ0) is 18.7. The molecule has 134 valence electrons. The van der Waals surface area contributed by atoms with Crippen molar-refractivity contribution in [3.63, 3.8) is 0 Å². The van der Waals surface area contributed by atoms with E-state index in [1.807, 2.05) is 24.3 Å². The second-order valence-corrected chi connectivity index (χ2v) is 7.34. The molecule has 0 spiro atoms. The van der Waals surface area contributed by atoms with Crippen LogP contribution in [-0.2, 0) is 14.8 Å². The zero-order valence-corrected chi connectivity index (χ0v) is 14.3. The van der Waals surface area contributed by atoms with E-state index >= 15 is 0 Å². The molecule has 0 bridgehead atoms. The number of rotatable bonds is 6. The molecular weight excluding hydrogens is 356 g/mol. The summed E-state index contributed by atoms with van der Waals surface area (Å²) in [7, 11) is -3.86. The summed E-state index contributed by atoms with van der Waals surface area (Å²) in [5.41, 5.74) is 6.12. The molecule has 0 fully saturated rings. The van der Waals surface area contributed by atoms with Crippen molar-refractivity contribution in [1.29, 1.82) is 0 Å². The predicted octanol–water partition coefficient (Wildman–Crippen LogP) is 1.91. The van der Waals surface area contributed by atoms with E-state index in [9.17, 15) is 13.2 Å². The number of fused-ring (bicyclic) bond motifs is 1. The molecule has 0 unspecified atom stereocenters. The maximum absolute atomic E-state index is 12.5. The number of carboxylic acids is 1. The average Bonchev–Trinajstić information content (AvgIpc) is 2.61. The fraction of sp³-hybridized carbons (Fsp3) is 0.118. The molecule has 8 nitrogen and oxygen atoms in total. The number of aliphatic carboxylic acids is 1. The van der Waals surface area contributed by atoms with Gasteiger partial charge in [-0.25, -0.2) is 23.1 Å². The first-order valence-corrected chi connectivity index (χ1v) is 9.14. The third-order valence-electron chi connectivity index (χ3n) is 3.75. The lowest BCUT2D eigenvalue weighted by molar-refractivity contribution is -0.137. The van der Waals surface area contributed by atoms with Gasteiger partial charge in [-0.3, -0.25) is 4.79 Å². The monoisotopic (exact) mass is 372 g/mol. The van der Waals surface area contributed by atoms with Crippen LogP contribution in [0.25, 0.3) is 10.8 Å². The van der Waals surface area contributed by atoms with Crippen LogP contribution in [0.15, 0.2) is 59.8 Å². The molecule has 0 saturated heterocycles. The number of hydrogen-bond donors (Lipinski definition) is 3. The molecular formula is C17H16N4O4S. The molecule has 0 aliphatic heterocycles. The van der Waals surface area contributed by atoms with Gasteiger partial charge in [-0.15, -0.1) is 0 Å². The Hall–Kier alpha value is -3.04. The molecule has 0 aliphatic rings. The minimum atomic E-state index is -3.86. The quantitative estimate of drug-likeness (QED) is 0.601. The second-order valence-electron chi connectivity index (χ2n) is 5.66. The Morgan fingerprint density at radius 2 is 1.77 bits per heavy atom. The summed E-state index contributed by atoms with van der Waals surface area (Å²) in [6.45, 7) is 0. The van der Waals surface area contributed by atoms with Crippen molar-refractivity contribution in [2.45, 2.75) is 17.4 Å². The van der Waals surface area contributed by atoms with Gasteiger partial charge in [0.05, 0.1) is 11.3 Å². The highest BCUT2D eigenvalue weighted by Crippen LogP contribution is 2.20. The Kier molecular flexibility index (Phi) is 4.83.